The van der Waals surface area contributed by atoms with E-state index in [0.717, 1.165) is 24.5 Å². The second-order valence-electron chi connectivity index (χ2n) is 5.71. The summed E-state index contributed by atoms with van der Waals surface area (Å²) in [5, 5.41) is 12.9. The maximum absolute atomic E-state index is 8.80. The molecule has 128 valence electrons. The lowest BCUT2D eigenvalue weighted by Gasteiger charge is -2.37. The summed E-state index contributed by atoms with van der Waals surface area (Å²) >= 11 is 0. The molecule has 1 aliphatic heterocycles. The molecule has 0 saturated carbocycles. The maximum Gasteiger partial charge on any atom is 0.234 e. The molecule has 0 amide bonds. The van der Waals surface area contributed by atoms with Crippen molar-refractivity contribution in [2.24, 2.45) is 0 Å². The largest absolute Gasteiger partial charge is 0.474 e. The molecule has 25 heavy (non-hydrogen) atoms. The van der Waals surface area contributed by atoms with Crippen molar-refractivity contribution in [1.82, 2.24) is 20.1 Å². The molecule has 0 unspecified atom stereocenters. The molecule has 1 aliphatic rings. The molecular formula is C17H17N5O3. The second-order valence-corrected chi connectivity index (χ2v) is 5.71. The van der Waals surface area contributed by atoms with Crippen molar-refractivity contribution in [3.05, 3.63) is 48.6 Å². The zero-order valence-corrected chi connectivity index (χ0v) is 13.4. The van der Waals surface area contributed by atoms with Crippen molar-refractivity contribution >= 4 is 5.82 Å². The summed E-state index contributed by atoms with van der Waals surface area (Å²) in [6.45, 7) is 1.60. The first-order valence-corrected chi connectivity index (χ1v) is 8.03. The number of nitrogens with zero attached hydrogens (tertiary/aromatic N) is 5. The number of rotatable bonds is 6. The van der Waals surface area contributed by atoms with Crippen LogP contribution in [0, 0.1) is 0 Å². The smallest absolute Gasteiger partial charge is 0.234 e. The van der Waals surface area contributed by atoms with Gasteiger partial charge in [0.15, 0.2) is 5.82 Å². The number of aliphatic hydroxyl groups is 1. The third-order valence-corrected chi connectivity index (χ3v) is 3.97. The van der Waals surface area contributed by atoms with Crippen LogP contribution in [0.3, 0.4) is 0 Å². The predicted octanol–water partition coefficient (Wildman–Crippen LogP) is 1.50. The number of aliphatic hydroxyl groups excluding tert-OH is 1. The first-order chi connectivity index (χ1) is 12.3. The summed E-state index contributed by atoms with van der Waals surface area (Å²) in [7, 11) is 0. The molecule has 1 aromatic carbocycles. The molecule has 0 aliphatic carbocycles. The Hall–Kier alpha value is -3.00. The van der Waals surface area contributed by atoms with Crippen molar-refractivity contribution in [2.45, 2.75) is 5.92 Å². The molecule has 1 N–H and O–H groups in total. The van der Waals surface area contributed by atoms with Crippen LogP contribution in [0.2, 0.25) is 0 Å². The summed E-state index contributed by atoms with van der Waals surface area (Å²) < 4.78 is 10.7. The first kappa shape index (κ1) is 15.5. The van der Waals surface area contributed by atoms with E-state index in [1.54, 1.807) is 6.20 Å². The number of aromatic nitrogens is 4. The van der Waals surface area contributed by atoms with Gasteiger partial charge in [0.1, 0.15) is 6.61 Å². The van der Waals surface area contributed by atoms with Crippen molar-refractivity contribution in [3.63, 3.8) is 0 Å². The monoisotopic (exact) mass is 339 g/mol. The standard InChI is InChI=1S/C17H17N5O3/c23-6-7-24-15-9-18-8-14(19-15)22-10-13(11-22)17-20-16(21-25-17)12-4-2-1-3-5-12/h1-5,8-9,13,23H,6-7,10-11H2. The zero-order valence-electron chi connectivity index (χ0n) is 13.4. The highest BCUT2D eigenvalue weighted by atomic mass is 16.5. The lowest BCUT2D eigenvalue weighted by atomic mass is 10.0. The predicted molar refractivity (Wildman–Crippen MR) is 89.3 cm³/mol. The van der Waals surface area contributed by atoms with E-state index >= 15 is 0 Å². The second kappa shape index (κ2) is 6.86. The van der Waals surface area contributed by atoms with Crippen LogP contribution in [-0.2, 0) is 0 Å². The Morgan fingerprint density at radius 2 is 2.00 bits per heavy atom. The van der Waals surface area contributed by atoms with Gasteiger partial charge in [-0.15, -0.1) is 0 Å². The van der Waals surface area contributed by atoms with E-state index in [1.165, 1.54) is 6.20 Å². The van der Waals surface area contributed by atoms with E-state index in [4.69, 9.17) is 14.4 Å². The summed E-state index contributed by atoms with van der Waals surface area (Å²) in [5.41, 5.74) is 0.938. The minimum absolute atomic E-state index is 0.0569. The highest BCUT2D eigenvalue weighted by Gasteiger charge is 2.34. The van der Waals surface area contributed by atoms with Crippen LogP contribution in [0.1, 0.15) is 11.8 Å². The quantitative estimate of drug-likeness (QED) is 0.721. The Morgan fingerprint density at radius 3 is 2.80 bits per heavy atom. The molecule has 8 nitrogen and oxygen atoms in total. The normalized spacial score (nSPS) is 14.4. The Kier molecular flexibility index (Phi) is 4.26. The topological polar surface area (TPSA) is 97.4 Å². The van der Waals surface area contributed by atoms with Crippen LogP contribution in [0.15, 0.2) is 47.2 Å². The van der Waals surface area contributed by atoms with Crippen molar-refractivity contribution in [3.8, 4) is 17.3 Å². The Labute approximate surface area is 144 Å². The highest BCUT2D eigenvalue weighted by molar-refractivity contribution is 5.54. The summed E-state index contributed by atoms with van der Waals surface area (Å²) in [6.07, 6.45) is 3.21. The Balaban J connectivity index is 1.40. The molecule has 3 heterocycles. The van der Waals surface area contributed by atoms with Crippen molar-refractivity contribution < 1.29 is 14.4 Å². The lowest BCUT2D eigenvalue weighted by Crippen LogP contribution is -2.45. The van der Waals surface area contributed by atoms with Crippen LogP contribution in [0.4, 0.5) is 5.82 Å². The van der Waals surface area contributed by atoms with Gasteiger partial charge < -0.3 is 19.3 Å². The molecule has 0 atom stereocenters. The Bertz CT molecular complexity index is 833. The molecular weight excluding hydrogens is 322 g/mol. The molecule has 8 heteroatoms. The molecule has 0 spiro atoms. The summed E-state index contributed by atoms with van der Waals surface area (Å²) in [4.78, 5) is 15.1. The maximum atomic E-state index is 8.80. The van der Waals surface area contributed by atoms with Gasteiger partial charge in [-0.2, -0.15) is 9.97 Å². The van der Waals surface area contributed by atoms with Gasteiger partial charge in [-0.1, -0.05) is 35.5 Å². The molecule has 2 aromatic heterocycles. The molecule has 0 radical (unpaired) electrons. The third-order valence-electron chi connectivity index (χ3n) is 3.97. The molecule has 4 rings (SSSR count). The van der Waals surface area contributed by atoms with Gasteiger partial charge in [-0.05, 0) is 0 Å². The molecule has 3 aromatic rings. The van der Waals surface area contributed by atoms with Crippen molar-refractivity contribution in [2.75, 3.05) is 31.2 Å². The van der Waals surface area contributed by atoms with Crippen LogP contribution in [-0.4, -0.2) is 51.5 Å². The van der Waals surface area contributed by atoms with E-state index in [1.807, 2.05) is 30.3 Å². The average Bonchev–Trinajstić information content (AvgIpc) is 3.09. The van der Waals surface area contributed by atoms with E-state index < -0.39 is 0 Å². The van der Waals surface area contributed by atoms with Crippen LogP contribution < -0.4 is 9.64 Å². The molecule has 0 bridgehead atoms. The summed E-state index contributed by atoms with van der Waals surface area (Å²) in [6, 6.07) is 9.75. The van der Waals surface area contributed by atoms with Gasteiger partial charge in [-0.25, -0.2) is 0 Å². The molecule has 1 fully saturated rings. The summed E-state index contributed by atoms with van der Waals surface area (Å²) in [5.74, 6) is 2.55. The highest BCUT2D eigenvalue weighted by Crippen LogP contribution is 2.31. The van der Waals surface area contributed by atoms with Gasteiger partial charge in [0, 0.05) is 18.7 Å². The van der Waals surface area contributed by atoms with E-state index in [-0.39, 0.29) is 19.1 Å². The van der Waals surface area contributed by atoms with Gasteiger partial charge in [0.25, 0.3) is 0 Å². The zero-order chi connectivity index (χ0) is 17.1. The van der Waals surface area contributed by atoms with E-state index in [2.05, 4.69) is 25.0 Å². The fourth-order valence-electron chi connectivity index (χ4n) is 2.64. The van der Waals surface area contributed by atoms with E-state index in [9.17, 15) is 0 Å². The van der Waals surface area contributed by atoms with Crippen molar-refractivity contribution in [1.29, 1.82) is 0 Å². The third kappa shape index (κ3) is 3.29. The average molecular weight is 339 g/mol. The number of anilines is 1. The van der Waals surface area contributed by atoms with Crippen LogP contribution in [0.5, 0.6) is 5.88 Å². The minimum atomic E-state index is -0.0569. The van der Waals surface area contributed by atoms with Gasteiger partial charge in [-0.3, -0.25) is 4.98 Å². The molecule has 1 saturated heterocycles. The minimum Gasteiger partial charge on any atom is -0.474 e. The van der Waals surface area contributed by atoms with Gasteiger partial charge >= 0.3 is 0 Å². The first-order valence-electron chi connectivity index (χ1n) is 8.03. The fraction of sp³-hybridized carbons (Fsp3) is 0.294. The van der Waals surface area contributed by atoms with Crippen LogP contribution >= 0.6 is 0 Å². The lowest BCUT2D eigenvalue weighted by molar-refractivity contribution is 0.196. The SMILES string of the molecule is OCCOc1cncc(N2CC(c3nc(-c4ccccc4)no3)C2)n1. The van der Waals surface area contributed by atoms with Gasteiger partial charge in [0.2, 0.25) is 17.6 Å². The number of benzene rings is 1. The Morgan fingerprint density at radius 1 is 1.16 bits per heavy atom. The number of ether oxygens (including phenoxy) is 1. The number of hydrogen-bond donors (Lipinski definition) is 1. The van der Waals surface area contributed by atoms with Gasteiger partial charge in [0.05, 0.1) is 24.9 Å². The van der Waals surface area contributed by atoms with E-state index in [0.29, 0.717) is 17.6 Å². The van der Waals surface area contributed by atoms with Crippen LogP contribution in [0.25, 0.3) is 11.4 Å². The number of hydrogen-bond acceptors (Lipinski definition) is 8. The fourth-order valence-corrected chi connectivity index (χ4v) is 2.64.